The maximum absolute atomic E-state index is 14.3. The first-order valence-electron chi connectivity index (χ1n) is 11.9. The Morgan fingerprint density at radius 1 is 1.22 bits per heavy atom. The molecule has 1 aliphatic rings. The second-order valence-corrected chi connectivity index (χ2v) is 9.14. The van der Waals surface area contributed by atoms with Crippen LogP contribution in [0, 0.1) is 0 Å². The minimum atomic E-state index is -2.67. The summed E-state index contributed by atoms with van der Waals surface area (Å²) in [6.07, 6.45) is 1.52. The summed E-state index contributed by atoms with van der Waals surface area (Å²) in [6, 6.07) is 12.7. The number of hydrogen-bond donors (Lipinski definition) is 2. The van der Waals surface area contributed by atoms with Crippen LogP contribution >= 0.6 is 0 Å². The maximum Gasteiger partial charge on any atom is 0.270 e. The Bertz CT molecular complexity index is 1430. The zero-order valence-electron chi connectivity index (χ0n) is 20.1. The van der Waals surface area contributed by atoms with Gasteiger partial charge in [0.05, 0.1) is 12.3 Å². The molecule has 36 heavy (non-hydrogen) atoms. The number of carbonyl (C=O) groups is 1. The van der Waals surface area contributed by atoms with Crippen LogP contribution in [-0.2, 0) is 13.5 Å². The van der Waals surface area contributed by atoms with Crippen LogP contribution in [0.1, 0.15) is 41.4 Å². The van der Waals surface area contributed by atoms with Crippen molar-refractivity contribution in [3.63, 3.8) is 0 Å². The van der Waals surface area contributed by atoms with Crippen molar-refractivity contribution in [1.29, 1.82) is 0 Å². The Kier molecular flexibility index (Phi) is 6.40. The largest absolute Gasteiger partial charge is 0.392 e. The number of pyridine rings is 1. The van der Waals surface area contributed by atoms with Gasteiger partial charge >= 0.3 is 0 Å². The molecule has 1 amide bonds. The van der Waals surface area contributed by atoms with E-state index >= 15 is 0 Å². The van der Waals surface area contributed by atoms with E-state index in [1.165, 1.54) is 0 Å². The number of aromatic nitrogens is 3. The van der Waals surface area contributed by atoms with Gasteiger partial charge < -0.3 is 15.3 Å². The molecule has 1 unspecified atom stereocenters. The number of aryl methyl sites for hydroxylation is 2. The van der Waals surface area contributed by atoms with Gasteiger partial charge in [-0.15, -0.1) is 0 Å². The molecule has 1 atom stereocenters. The highest BCUT2D eigenvalue weighted by Gasteiger charge is 2.27. The molecular weight excluding hydrogens is 464 g/mol. The first-order chi connectivity index (χ1) is 17.3. The van der Waals surface area contributed by atoms with E-state index in [4.69, 9.17) is 4.98 Å². The van der Waals surface area contributed by atoms with Crippen molar-refractivity contribution in [3.05, 3.63) is 71.7 Å². The summed E-state index contributed by atoms with van der Waals surface area (Å²) in [6.45, 7) is 2.27. The van der Waals surface area contributed by atoms with Crippen LogP contribution in [0.4, 0.5) is 20.3 Å². The van der Waals surface area contributed by atoms with Gasteiger partial charge in [-0.05, 0) is 54.5 Å². The third-order valence-corrected chi connectivity index (χ3v) is 6.39. The highest BCUT2D eigenvalue weighted by molar-refractivity contribution is 6.01. The predicted molar refractivity (Wildman–Crippen MR) is 135 cm³/mol. The first kappa shape index (κ1) is 23.9. The number of amides is 1. The number of aliphatic hydroxyl groups is 1. The van der Waals surface area contributed by atoms with E-state index in [-0.39, 0.29) is 17.8 Å². The molecule has 0 bridgehead atoms. The molecule has 186 valence electrons. The number of alkyl halides is 2. The number of hydrogen-bond acceptors (Lipinski definition) is 5. The minimum Gasteiger partial charge on any atom is -0.392 e. The molecule has 2 N–H and O–H groups in total. The van der Waals surface area contributed by atoms with E-state index in [1.807, 2.05) is 35.2 Å². The summed E-state index contributed by atoms with van der Waals surface area (Å²) in [5.74, 6) is 0.144. The average Bonchev–Trinajstić information content (AvgIpc) is 3.31. The molecular formula is C27H27F2N5O2. The van der Waals surface area contributed by atoms with Gasteiger partial charge in [-0.1, -0.05) is 24.3 Å². The van der Waals surface area contributed by atoms with Crippen molar-refractivity contribution in [2.24, 2.45) is 7.05 Å². The van der Waals surface area contributed by atoms with E-state index in [0.29, 0.717) is 29.2 Å². The molecule has 9 heteroatoms. The van der Waals surface area contributed by atoms with E-state index < -0.39 is 18.4 Å². The van der Waals surface area contributed by atoms with Gasteiger partial charge in [-0.25, -0.2) is 13.8 Å². The SMILES string of the molecule is CC(O)CNC(=O)c1cc2ccccc2c(N2CCCc3cc(-c4cnn(C)c4)c(C(F)F)cc32)n1. The Morgan fingerprint density at radius 3 is 2.75 bits per heavy atom. The quantitative estimate of drug-likeness (QED) is 0.406. The molecule has 0 fully saturated rings. The van der Waals surface area contributed by atoms with Crippen LogP contribution in [0.3, 0.4) is 0 Å². The normalized spacial score (nSPS) is 14.2. The molecule has 3 heterocycles. The summed E-state index contributed by atoms with van der Waals surface area (Å²) in [7, 11) is 1.76. The molecule has 0 saturated heterocycles. The van der Waals surface area contributed by atoms with Crippen LogP contribution in [0.15, 0.2) is 54.9 Å². The molecule has 2 aromatic heterocycles. The van der Waals surface area contributed by atoms with E-state index in [2.05, 4.69) is 10.4 Å². The van der Waals surface area contributed by atoms with Crippen molar-refractivity contribution in [3.8, 4) is 11.1 Å². The number of nitrogens with one attached hydrogen (secondary N) is 1. The minimum absolute atomic E-state index is 0.0659. The lowest BCUT2D eigenvalue weighted by atomic mass is 9.93. The molecule has 5 rings (SSSR count). The lowest BCUT2D eigenvalue weighted by Gasteiger charge is -2.32. The van der Waals surface area contributed by atoms with Crippen LogP contribution in [0.2, 0.25) is 0 Å². The number of aliphatic hydroxyl groups excluding tert-OH is 1. The van der Waals surface area contributed by atoms with Crippen LogP contribution in [0.5, 0.6) is 0 Å². The Labute approximate surface area is 207 Å². The zero-order chi connectivity index (χ0) is 25.4. The third kappa shape index (κ3) is 4.54. The predicted octanol–water partition coefficient (Wildman–Crippen LogP) is 4.77. The highest BCUT2D eigenvalue weighted by Crippen LogP contribution is 2.42. The second kappa shape index (κ2) is 9.66. The smallest absolute Gasteiger partial charge is 0.270 e. The topological polar surface area (TPSA) is 83.3 Å². The van der Waals surface area contributed by atoms with Crippen molar-refractivity contribution in [2.75, 3.05) is 18.0 Å². The molecule has 2 aromatic carbocycles. The number of fused-ring (bicyclic) bond motifs is 2. The highest BCUT2D eigenvalue weighted by atomic mass is 19.3. The van der Waals surface area contributed by atoms with Gasteiger partial charge in [-0.2, -0.15) is 5.10 Å². The van der Waals surface area contributed by atoms with Gasteiger partial charge in [0.2, 0.25) is 0 Å². The molecule has 4 aromatic rings. The lowest BCUT2D eigenvalue weighted by molar-refractivity contribution is 0.0919. The van der Waals surface area contributed by atoms with Gasteiger partial charge in [0, 0.05) is 48.5 Å². The van der Waals surface area contributed by atoms with Crippen molar-refractivity contribution in [2.45, 2.75) is 32.3 Å². The summed E-state index contributed by atoms with van der Waals surface area (Å²) < 4.78 is 30.1. The fourth-order valence-corrected chi connectivity index (χ4v) is 4.69. The molecule has 7 nitrogen and oxygen atoms in total. The fraction of sp³-hybridized carbons (Fsp3) is 0.296. The number of benzene rings is 2. The number of nitrogens with zero attached hydrogens (tertiary/aromatic N) is 4. The molecule has 1 aliphatic heterocycles. The molecule has 0 saturated carbocycles. The number of rotatable bonds is 6. The number of carbonyl (C=O) groups excluding carboxylic acids is 1. The van der Waals surface area contributed by atoms with Gasteiger partial charge in [0.15, 0.2) is 0 Å². The first-order valence-corrected chi connectivity index (χ1v) is 11.9. The monoisotopic (exact) mass is 491 g/mol. The summed E-state index contributed by atoms with van der Waals surface area (Å²) >= 11 is 0. The van der Waals surface area contributed by atoms with E-state index in [1.54, 1.807) is 43.2 Å². The second-order valence-electron chi connectivity index (χ2n) is 9.14. The fourth-order valence-electron chi connectivity index (χ4n) is 4.69. The van der Waals surface area contributed by atoms with Crippen molar-refractivity contribution in [1.82, 2.24) is 20.1 Å². The standard InChI is InChI=1S/C27H27F2N5O2/c1-16(35)13-30-27(36)23-11-17-6-3-4-8-20(17)26(32-23)34-9-5-7-18-10-21(19-14-31-33(2)15-19)22(25(28)29)12-24(18)34/h3-4,6,8,10-12,14-16,25,35H,5,7,9,13H2,1-2H3,(H,30,36). The summed E-state index contributed by atoms with van der Waals surface area (Å²) in [5, 5.41) is 18.0. The summed E-state index contributed by atoms with van der Waals surface area (Å²) in [5.41, 5.74) is 2.87. The van der Waals surface area contributed by atoms with Crippen molar-refractivity contribution >= 4 is 28.2 Å². The van der Waals surface area contributed by atoms with Crippen LogP contribution in [-0.4, -0.2) is 45.0 Å². The van der Waals surface area contributed by atoms with E-state index in [0.717, 1.165) is 29.2 Å². The molecule has 0 aliphatic carbocycles. The number of halogens is 2. The Hall–Kier alpha value is -3.85. The lowest BCUT2D eigenvalue weighted by Crippen LogP contribution is -2.32. The zero-order valence-corrected chi connectivity index (χ0v) is 20.1. The van der Waals surface area contributed by atoms with Gasteiger partial charge in [0.1, 0.15) is 11.5 Å². The average molecular weight is 492 g/mol. The summed E-state index contributed by atoms with van der Waals surface area (Å²) in [4.78, 5) is 19.4. The van der Waals surface area contributed by atoms with Crippen LogP contribution < -0.4 is 10.2 Å². The Morgan fingerprint density at radius 2 is 2.03 bits per heavy atom. The van der Waals surface area contributed by atoms with E-state index in [9.17, 15) is 18.7 Å². The van der Waals surface area contributed by atoms with Gasteiger partial charge in [-0.3, -0.25) is 9.48 Å². The number of anilines is 2. The van der Waals surface area contributed by atoms with Gasteiger partial charge in [0.25, 0.3) is 12.3 Å². The molecule has 0 spiro atoms. The third-order valence-electron chi connectivity index (χ3n) is 6.39. The molecule has 0 radical (unpaired) electrons. The van der Waals surface area contributed by atoms with Crippen molar-refractivity contribution < 1.29 is 18.7 Å². The van der Waals surface area contributed by atoms with Crippen LogP contribution in [0.25, 0.3) is 21.9 Å². The Balaban J connectivity index is 1.65. The maximum atomic E-state index is 14.3.